The SMILES string of the molecule is CCC(C)c1ccc(C(O)c2c(C)cc(C)cc2C)cc1. The zero-order valence-corrected chi connectivity index (χ0v) is 13.8. The summed E-state index contributed by atoms with van der Waals surface area (Å²) in [4.78, 5) is 0. The molecule has 0 radical (unpaired) electrons. The van der Waals surface area contributed by atoms with Crippen LogP contribution in [0.1, 0.15) is 65.7 Å². The van der Waals surface area contributed by atoms with Crippen LogP contribution in [0, 0.1) is 20.8 Å². The van der Waals surface area contributed by atoms with Crippen LogP contribution in [0.4, 0.5) is 0 Å². The lowest BCUT2D eigenvalue weighted by atomic mass is 9.90. The fourth-order valence-electron chi connectivity index (χ4n) is 3.03. The average Bonchev–Trinajstić information content (AvgIpc) is 2.45. The van der Waals surface area contributed by atoms with Crippen molar-refractivity contribution in [2.75, 3.05) is 0 Å². The van der Waals surface area contributed by atoms with E-state index in [0.29, 0.717) is 5.92 Å². The van der Waals surface area contributed by atoms with E-state index < -0.39 is 6.10 Å². The molecular weight excluding hydrogens is 256 g/mol. The maximum Gasteiger partial charge on any atom is 0.105 e. The standard InChI is InChI=1S/C20H26O/c1-6-14(3)17-7-9-18(10-8-17)20(21)19-15(4)11-13(2)12-16(19)5/h7-12,14,20-21H,6H2,1-5H3. The molecule has 2 unspecified atom stereocenters. The lowest BCUT2D eigenvalue weighted by molar-refractivity contribution is 0.218. The highest BCUT2D eigenvalue weighted by molar-refractivity contribution is 5.43. The number of aliphatic hydroxyl groups is 1. The maximum atomic E-state index is 10.7. The molecule has 2 rings (SSSR count). The molecule has 0 aliphatic carbocycles. The summed E-state index contributed by atoms with van der Waals surface area (Å²) in [5.74, 6) is 0.569. The summed E-state index contributed by atoms with van der Waals surface area (Å²) < 4.78 is 0. The van der Waals surface area contributed by atoms with E-state index in [4.69, 9.17) is 0 Å². The van der Waals surface area contributed by atoms with Gasteiger partial charge in [-0.1, -0.05) is 55.8 Å². The topological polar surface area (TPSA) is 20.2 Å². The number of aliphatic hydroxyl groups excluding tert-OH is 1. The van der Waals surface area contributed by atoms with Crippen LogP contribution in [0.3, 0.4) is 0 Å². The van der Waals surface area contributed by atoms with E-state index in [-0.39, 0.29) is 0 Å². The zero-order chi connectivity index (χ0) is 15.6. The third-order valence-electron chi connectivity index (χ3n) is 4.45. The normalized spacial score (nSPS) is 14.0. The fourth-order valence-corrected chi connectivity index (χ4v) is 3.03. The molecular formula is C20H26O. The second kappa shape index (κ2) is 6.44. The van der Waals surface area contributed by atoms with Crippen LogP contribution in [0.25, 0.3) is 0 Å². The van der Waals surface area contributed by atoms with Crippen LogP contribution >= 0.6 is 0 Å². The molecule has 2 atom stereocenters. The molecule has 0 amide bonds. The maximum absolute atomic E-state index is 10.7. The smallest absolute Gasteiger partial charge is 0.105 e. The van der Waals surface area contributed by atoms with Crippen molar-refractivity contribution in [1.29, 1.82) is 0 Å². The van der Waals surface area contributed by atoms with Crippen molar-refractivity contribution in [3.05, 3.63) is 69.8 Å². The van der Waals surface area contributed by atoms with Gasteiger partial charge in [-0.2, -0.15) is 0 Å². The third kappa shape index (κ3) is 3.36. The summed E-state index contributed by atoms with van der Waals surface area (Å²) in [5.41, 5.74) is 6.91. The van der Waals surface area contributed by atoms with Gasteiger partial charge in [-0.25, -0.2) is 0 Å². The molecule has 2 aromatic carbocycles. The third-order valence-corrected chi connectivity index (χ3v) is 4.45. The van der Waals surface area contributed by atoms with Gasteiger partial charge >= 0.3 is 0 Å². The number of hydrogen-bond acceptors (Lipinski definition) is 1. The highest BCUT2D eigenvalue weighted by Gasteiger charge is 2.16. The van der Waals surface area contributed by atoms with Crippen molar-refractivity contribution >= 4 is 0 Å². The number of rotatable bonds is 4. The minimum Gasteiger partial charge on any atom is -0.384 e. The monoisotopic (exact) mass is 282 g/mol. The number of benzene rings is 2. The van der Waals surface area contributed by atoms with Crippen molar-refractivity contribution in [2.45, 2.75) is 53.1 Å². The minimum absolute atomic E-state index is 0.545. The first-order valence-electron chi connectivity index (χ1n) is 7.79. The van der Waals surface area contributed by atoms with Crippen LogP contribution < -0.4 is 0 Å². The molecule has 21 heavy (non-hydrogen) atoms. The van der Waals surface area contributed by atoms with Gasteiger partial charge in [0.1, 0.15) is 6.10 Å². The second-order valence-electron chi connectivity index (χ2n) is 6.19. The molecule has 1 N–H and O–H groups in total. The van der Waals surface area contributed by atoms with Crippen molar-refractivity contribution in [2.24, 2.45) is 0 Å². The van der Waals surface area contributed by atoms with Gasteiger partial charge in [0, 0.05) is 0 Å². The molecule has 0 saturated carbocycles. The van der Waals surface area contributed by atoms with E-state index in [2.05, 4.69) is 71.0 Å². The molecule has 112 valence electrons. The summed E-state index contributed by atoms with van der Waals surface area (Å²) in [6.45, 7) is 10.7. The Balaban J connectivity index is 2.34. The van der Waals surface area contributed by atoms with Gasteiger partial charge < -0.3 is 5.11 Å². The molecule has 0 aliphatic rings. The fraction of sp³-hybridized carbons (Fsp3) is 0.400. The highest BCUT2D eigenvalue weighted by atomic mass is 16.3. The van der Waals surface area contributed by atoms with Crippen LogP contribution in [0.5, 0.6) is 0 Å². The first-order chi connectivity index (χ1) is 9.93. The van der Waals surface area contributed by atoms with E-state index in [1.807, 2.05) is 0 Å². The first kappa shape index (κ1) is 15.8. The molecule has 1 nitrogen and oxygen atoms in total. The van der Waals surface area contributed by atoms with E-state index in [1.165, 1.54) is 11.1 Å². The molecule has 0 saturated heterocycles. The van der Waals surface area contributed by atoms with Gasteiger partial charge in [0.15, 0.2) is 0 Å². The molecule has 0 aromatic heterocycles. The van der Waals surface area contributed by atoms with Gasteiger partial charge in [0.2, 0.25) is 0 Å². The van der Waals surface area contributed by atoms with Crippen molar-refractivity contribution < 1.29 is 5.11 Å². The first-order valence-corrected chi connectivity index (χ1v) is 7.79. The van der Waals surface area contributed by atoms with Crippen LogP contribution in [-0.4, -0.2) is 5.11 Å². The van der Waals surface area contributed by atoms with Crippen molar-refractivity contribution in [1.82, 2.24) is 0 Å². The molecule has 2 aromatic rings. The van der Waals surface area contributed by atoms with E-state index in [0.717, 1.165) is 28.7 Å². The summed E-state index contributed by atoms with van der Waals surface area (Å²) >= 11 is 0. The molecule has 1 heteroatoms. The Kier molecular flexibility index (Phi) is 4.84. The van der Waals surface area contributed by atoms with E-state index in [1.54, 1.807) is 0 Å². The van der Waals surface area contributed by atoms with Gasteiger partial charge in [0.05, 0.1) is 0 Å². The lowest BCUT2D eigenvalue weighted by Gasteiger charge is -2.19. The Labute approximate surface area is 128 Å². The van der Waals surface area contributed by atoms with Crippen LogP contribution in [0.2, 0.25) is 0 Å². The Morgan fingerprint density at radius 1 is 0.905 bits per heavy atom. The van der Waals surface area contributed by atoms with E-state index in [9.17, 15) is 5.11 Å². The Hall–Kier alpha value is -1.60. The summed E-state index contributed by atoms with van der Waals surface area (Å²) in [7, 11) is 0. The van der Waals surface area contributed by atoms with Gasteiger partial charge in [-0.3, -0.25) is 0 Å². The average molecular weight is 282 g/mol. The zero-order valence-electron chi connectivity index (χ0n) is 13.8. The molecule has 0 fully saturated rings. The Morgan fingerprint density at radius 2 is 1.38 bits per heavy atom. The number of hydrogen-bond donors (Lipinski definition) is 1. The predicted octanol–water partition coefficient (Wildman–Crippen LogP) is 5.21. The number of aryl methyl sites for hydroxylation is 3. The predicted molar refractivity (Wildman–Crippen MR) is 89.9 cm³/mol. The van der Waals surface area contributed by atoms with Gasteiger partial charge in [0.25, 0.3) is 0 Å². The molecule has 0 aliphatic heterocycles. The molecule has 0 heterocycles. The van der Waals surface area contributed by atoms with Crippen molar-refractivity contribution in [3.63, 3.8) is 0 Å². The van der Waals surface area contributed by atoms with E-state index >= 15 is 0 Å². The summed E-state index contributed by atoms with van der Waals surface area (Å²) in [6, 6.07) is 12.7. The lowest BCUT2D eigenvalue weighted by Crippen LogP contribution is -2.05. The highest BCUT2D eigenvalue weighted by Crippen LogP contribution is 2.30. The van der Waals surface area contributed by atoms with Gasteiger partial charge in [-0.15, -0.1) is 0 Å². The van der Waals surface area contributed by atoms with Gasteiger partial charge in [-0.05, 0) is 60.9 Å². The van der Waals surface area contributed by atoms with Crippen molar-refractivity contribution in [3.8, 4) is 0 Å². The summed E-state index contributed by atoms with van der Waals surface area (Å²) in [5, 5.41) is 10.7. The molecule has 0 bridgehead atoms. The van der Waals surface area contributed by atoms with Crippen LogP contribution in [-0.2, 0) is 0 Å². The second-order valence-corrected chi connectivity index (χ2v) is 6.19. The largest absolute Gasteiger partial charge is 0.384 e. The Morgan fingerprint density at radius 3 is 1.86 bits per heavy atom. The quantitative estimate of drug-likeness (QED) is 0.816. The Bertz CT molecular complexity index is 587. The summed E-state index contributed by atoms with van der Waals surface area (Å²) in [6.07, 6.45) is 0.592. The van der Waals surface area contributed by atoms with Crippen LogP contribution in [0.15, 0.2) is 36.4 Å². The minimum atomic E-state index is -0.545. The molecule has 0 spiro atoms.